The number of carbonyl (C=O) groups is 1. The topological polar surface area (TPSA) is 54.5 Å². The fraction of sp³-hybridized carbons (Fsp3) is 0.250. The number of pyridine rings is 1. The molecule has 1 aliphatic rings. The molecule has 2 aromatic carbocycles. The average Bonchev–Trinajstić information content (AvgIpc) is 2.76. The van der Waals surface area contributed by atoms with Crippen LogP contribution in [0.3, 0.4) is 0 Å². The van der Waals surface area contributed by atoms with Crippen molar-refractivity contribution in [1.82, 2.24) is 9.88 Å². The Labute approximate surface area is 181 Å². The molecule has 2 heterocycles. The van der Waals surface area contributed by atoms with Crippen LogP contribution in [-0.4, -0.2) is 29.0 Å². The van der Waals surface area contributed by atoms with Crippen molar-refractivity contribution in [2.24, 2.45) is 5.92 Å². The molecule has 1 saturated heterocycles. The van der Waals surface area contributed by atoms with Crippen LogP contribution in [0.4, 0.5) is 10.5 Å². The first-order valence-electron chi connectivity index (χ1n) is 10.1. The first-order valence-corrected chi connectivity index (χ1v) is 10.5. The summed E-state index contributed by atoms with van der Waals surface area (Å²) >= 11 is 5.94. The van der Waals surface area contributed by atoms with Gasteiger partial charge in [-0.1, -0.05) is 23.7 Å². The lowest BCUT2D eigenvalue weighted by atomic mass is 9.91. The maximum absolute atomic E-state index is 12.6. The Hall–Kier alpha value is -3.05. The van der Waals surface area contributed by atoms with Crippen LogP contribution < -0.4 is 10.1 Å². The second-order valence-electron chi connectivity index (χ2n) is 7.53. The molecule has 5 nitrogen and oxygen atoms in total. The van der Waals surface area contributed by atoms with E-state index in [-0.39, 0.29) is 6.03 Å². The van der Waals surface area contributed by atoms with Crippen molar-refractivity contribution >= 4 is 23.3 Å². The van der Waals surface area contributed by atoms with Crippen LogP contribution in [0.2, 0.25) is 5.02 Å². The summed E-state index contributed by atoms with van der Waals surface area (Å²) in [6, 6.07) is 19.1. The fourth-order valence-electron chi connectivity index (χ4n) is 3.76. The van der Waals surface area contributed by atoms with Crippen molar-refractivity contribution in [2.45, 2.75) is 19.3 Å². The minimum Gasteiger partial charge on any atom is -0.457 e. The Morgan fingerprint density at radius 1 is 1.13 bits per heavy atom. The molecule has 154 valence electrons. The minimum absolute atomic E-state index is 0.0625. The number of urea groups is 1. The lowest BCUT2D eigenvalue weighted by Crippen LogP contribution is -2.42. The molecule has 0 spiro atoms. The SMILES string of the molecule is O=C(Nc1cccnc1)N1CCC[C@@H](Cc2cccc(Oc3ccc(Cl)cc3)c2)C1. The van der Waals surface area contributed by atoms with Crippen LogP contribution in [0.25, 0.3) is 0 Å². The molecule has 0 bridgehead atoms. The molecule has 4 rings (SSSR count). The normalized spacial score (nSPS) is 16.2. The number of nitrogens with one attached hydrogen (secondary N) is 1. The number of hydrogen-bond acceptors (Lipinski definition) is 3. The zero-order valence-electron chi connectivity index (χ0n) is 16.6. The third-order valence-electron chi connectivity index (χ3n) is 5.19. The van der Waals surface area contributed by atoms with Gasteiger partial charge in [0.1, 0.15) is 11.5 Å². The summed E-state index contributed by atoms with van der Waals surface area (Å²) in [6.07, 6.45) is 6.38. The zero-order valence-corrected chi connectivity index (χ0v) is 17.4. The zero-order chi connectivity index (χ0) is 20.8. The van der Waals surface area contributed by atoms with Crippen molar-refractivity contribution in [3.63, 3.8) is 0 Å². The maximum atomic E-state index is 12.6. The average molecular weight is 422 g/mol. The van der Waals surface area contributed by atoms with E-state index in [1.165, 1.54) is 5.56 Å². The van der Waals surface area contributed by atoms with Gasteiger partial charge in [-0.05, 0) is 79.3 Å². The monoisotopic (exact) mass is 421 g/mol. The van der Waals surface area contributed by atoms with Gasteiger partial charge in [0.2, 0.25) is 0 Å². The highest BCUT2D eigenvalue weighted by Crippen LogP contribution is 2.27. The Bertz CT molecular complexity index is 979. The predicted molar refractivity (Wildman–Crippen MR) is 119 cm³/mol. The molecular formula is C24H24ClN3O2. The molecule has 0 radical (unpaired) electrons. The number of anilines is 1. The van der Waals surface area contributed by atoms with Gasteiger partial charge in [-0.15, -0.1) is 0 Å². The largest absolute Gasteiger partial charge is 0.457 e. The Kier molecular flexibility index (Phi) is 6.50. The van der Waals surface area contributed by atoms with Gasteiger partial charge in [0, 0.05) is 24.3 Å². The number of piperidine rings is 1. The summed E-state index contributed by atoms with van der Waals surface area (Å²) < 4.78 is 5.95. The van der Waals surface area contributed by atoms with Crippen LogP contribution in [-0.2, 0) is 6.42 Å². The molecule has 2 amide bonds. The van der Waals surface area contributed by atoms with Crippen LogP contribution in [0.15, 0.2) is 73.1 Å². The molecule has 3 aromatic rings. The summed E-state index contributed by atoms with van der Waals surface area (Å²) in [4.78, 5) is 18.5. The van der Waals surface area contributed by atoms with Crippen molar-refractivity contribution in [1.29, 1.82) is 0 Å². The maximum Gasteiger partial charge on any atom is 0.321 e. The second kappa shape index (κ2) is 9.63. The molecular weight excluding hydrogens is 398 g/mol. The number of carbonyl (C=O) groups excluding carboxylic acids is 1. The van der Waals surface area contributed by atoms with Crippen molar-refractivity contribution in [2.75, 3.05) is 18.4 Å². The number of ether oxygens (including phenoxy) is 1. The van der Waals surface area contributed by atoms with Crippen molar-refractivity contribution in [3.8, 4) is 11.5 Å². The van der Waals surface area contributed by atoms with Gasteiger partial charge < -0.3 is 15.0 Å². The number of benzene rings is 2. The van der Waals surface area contributed by atoms with Crippen molar-refractivity contribution in [3.05, 3.63) is 83.6 Å². The predicted octanol–water partition coefficient (Wildman–Crippen LogP) is 6.01. The smallest absolute Gasteiger partial charge is 0.321 e. The van der Waals surface area contributed by atoms with Crippen LogP contribution in [0, 0.1) is 5.92 Å². The molecule has 1 aliphatic heterocycles. The molecule has 1 aromatic heterocycles. The van der Waals surface area contributed by atoms with E-state index in [1.807, 2.05) is 53.4 Å². The summed E-state index contributed by atoms with van der Waals surface area (Å²) in [5, 5.41) is 3.62. The first kappa shape index (κ1) is 20.2. The number of hydrogen-bond donors (Lipinski definition) is 1. The van der Waals surface area contributed by atoms with Gasteiger partial charge in [-0.25, -0.2) is 4.79 Å². The number of amides is 2. The lowest BCUT2D eigenvalue weighted by molar-refractivity contribution is 0.177. The highest BCUT2D eigenvalue weighted by molar-refractivity contribution is 6.30. The molecule has 0 unspecified atom stereocenters. The van der Waals surface area contributed by atoms with E-state index >= 15 is 0 Å². The summed E-state index contributed by atoms with van der Waals surface area (Å²) in [7, 11) is 0. The summed E-state index contributed by atoms with van der Waals surface area (Å²) in [5.74, 6) is 1.98. The van der Waals surface area contributed by atoms with Crippen LogP contribution >= 0.6 is 11.6 Å². The number of likely N-dealkylation sites (tertiary alicyclic amines) is 1. The van der Waals surface area contributed by atoms with Crippen LogP contribution in [0.1, 0.15) is 18.4 Å². The fourth-order valence-corrected chi connectivity index (χ4v) is 3.89. The first-order chi connectivity index (χ1) is 14.7. The summed E-state index contributed by atoms with van der Waals surface area (Å²) in [6.45, 7) is 1.52. The summed E-state index contributed by atoms with van der Waals surface area (Å²) in [5.41, 5.74) is 1.93. The Morgan fingerprint density at radius 2 is 2.00 bits per heavy atom. The number of halogens is 1. The van der Waals surface area contributed by atoms with Gasteiger partial charge in [0.15, 0.2) is 0 Å². The van der Waals surface area contributed by atoms with E-state index in [0.29, 0.717) is 10.9 Å². The van der Waals surface area contributed by atoms with Gasteiger partial charge in [-0.2, -0.15) is 0 Å². The minimum atomic E-state index is -0.0625. The third kappa shape index (κ3) is 5.51. The number of rotatable bonds is 5. The van der Waals surface area contributed by atoms with E-state index in [9.17, 15) is 4.79 Å². The van der Waals surface area contributed by atoms with Gasteiger partial charge in [0.25, 0.3) is 0 Å². The van der Waals surface area contributed by atoms with E-state index in [4.69, 9.17) is 16.3 Å². The highest BCUT2D eigenvalue weighted by Gasteiger charge is 2.24. The Balaban J connectivity index is 1.35. The second-order valence-corrected chi connectivity index (χ2v) is 7.97. The molecule has 30 heavy (non-hydrogen) atoms. The molecule has 1 atom stereocenters. The lowest BCUT2D eigenvalue weighted by Gasteiger charge is -2.33. The van der Waals surface area contributed by atoms with E-state index in [1.54, 1.807) is 12.4 Å². The molecule has 0 saturated carbocycles. The molecule has 0 aliphatic carbocycles. The van der Waals surface area contributed by atoms with E-state index in [0.717, 1.165) is 49.5 Å². The van der Waals surface area contributed by atoms with Gasteiger partial charge in [-0.3, -0.25) is 4.98 Å². The third-order valence-corrected chi connectivity index (χ3v) is 5.44. The molecule has 1 N–H and O–H groups in total. The highest BCUT2D eigenvalue weighted by atomic mass is 35.5. The number of aromatic nitrogens is 1. The Morgan fingerprint density at radius 3 is 2.80 bits per heavy atom. The van der Waals surface area contributed by atoms with Gasteiger partial charge >= 0.3 is 6.03 Å². The van der Waals surface area contributed by atoms with Crippen LogP contribution in [0.5, 0.6) is 11.5 Å². The molecule has 1 fully saturated rings. The van der Waals surface area contributed by atoms with E-state index < -0.39 is 0 Å². The number of nitrogens with zero attached hydrogens (tertiary/aromatic N) is 2. The van der Waals surface area contributed by atoms with Gasteiger partial charge in [0.05, 0.1) is 11.9 Å². The molecule has 6 heteroatoms. The van der Waals surface area contributed by atoms with E-state index in [2.05, 4.69) is 22.4 Å². The van der Waals surface area contributed by atoms with Crippen molar-refractivity contribution < 1.29 is 9.53 Å². The quantitative estimate of drug-likeness (QED) is 0.548. The standard InChI is InChI=1S/C24H24ClN3O2/c25-20-8-10-22(11-9-20)30-23-7-1-4-18(15-23)14-19-5-3-13-28(17-19)24(29)27-21-6-2-12-26-16-21/h1-2,4,6-12,15-16,19H,3,5,13-14,17H2,(H,27,29)/t19-/m0/s1.